The van der Waals surface area contributed by atoms with Gasteiger partial charge in [-0.25, -0.2) is 0 Å². The van der Waals surface area contributed by atoms with Gasteiger partial charge in [-0.3, -0.25) is 0 Å². The van der Waals surface area contributed by atoms with Gasteiger partial charge >= 0.3 is 0 Å². The molecule has 0 saturated carbocycles. The summed E-state index contributed by atoms with van der Waals surface area (Å²) in [6, 6.07) is 0.546. The third kappa shape index (κ3) is 2.79. The van der Waals surface area contributed by atoms with E-state index >= 15 is 0 Å². The van der Waals surface area contributed by atoms with Gasteiger partial charge in [0, 0.05) is 6.04 Å². The summed E-state index contributed by atoms with van der Waals surface area (Å²) in [6.45, 7) is 14.1. The fourth-order valence-corrected chi connectivity index (χ4v) is 1.37. The summed E-state index contributed by atoms with van der Waals surface area (Å²) in [7, 11) is 0. The Bertz CT molecular complexity index is 119. The molecule has 0 heterocycles. The van der Waals surface area contributed by atoms with Crippen LogP contribution < -0.4 is 0 Å². The zero-order valence-electron chi connectivity index (χ0n) is 7.88. The Morgan fingerprint density at radius 3 is 1.82 bits per heavy atom. The normalized spacial score (nSPS) is 12.7. The van der Waals surface area contributed by atoms with Crippen LogP contribution in [0.2, 0.25) is 0 Å². The third-order valence-electron chi connectivity index (χ3n) is 1.99. The van der Waals surface area contributed by atoms with E-state index in [4.69, 9.17) is 0 Å². The van der Waals surface area contributed by atoms with Crippen LogP contribution in [-0.4, -0.2) is 10.9 Å². The molecule has 64 valence electrons. The Kier molecular flexibility index (Phi) is 4.67. The summed E-state index contributed by atoms with van der Waals surface area (Å²) in [5, 5.41) is 0. The lowest BCUT2D eigenvalue weighted by Gasteiger charge is -2.29. The van der Waals surface area contributed by atoms with Crippen molar-refractivity contribution in [3.8, 4) is 0 Å². The number of hydrogen-bond acceptors (Lipinski definition) is 1. The van der Waals surface area contributed by atoms with Crippen molar-refractivity contribution >= 4 is 0 Å². The fraction of sp³-hybridized carbons (Fsp3) is 0.600. The van der Waals surface area contributed by atoms with Gasteiger partial charge < -0.3 is 4.90 Å². The highest BCUT2D eigenvalue weighted by atomic mass is 15.1. The number of hydrogen-bond donors (Lipinski definition) is 0. The molecule has 0 aliphatic carbocycles. The average Bonchev–Trinajstić information content (AvgIpc) is 1.99. The van der Waals surface area contributed by atoms with Crippen molar-refractivity contribution in [3.05, 3.63) is 25.6 Å². The predicted molar refractivity (Wildman–Crippen MR) is 51.2 cm³/mol. The summed E-state index contributed by atoms with van der Waals surface area (Å²) < 4.78 is 0. The number of nitrogens with zero attached hydrogens (tertiary/aromatic N) is 1. The van der Waals surface area contributed by atoms with Gasteiger partial charge in [-0.1, -0.05) is 33.9 Å². The van der Waals surface area contributed by atoms with Gasteiger partial charge in [0.25, 0.3) is 0 Å². The van der Waals surface area contributed by atoms with Gasteiger partial charge in [-0.05, 0) is 24.7 Å². The smallest absolute Gasteiger partial charge is 0.0350 e. The molecule has 1 atom stereocenters. The molecule has 0 amide bonds. The largest absolute Gasteiger partial charge is 0.352 e. The number of rotatable bonds is 5. The maximum Gasteiger partial charge on any atom is 0.0350 e. The first kappa shape index (κ1) is 10.3. The molecule has 0 aliphatic rings. The van der Waals surface area contributed by atoms with E-state index in [2.05, 4.69) is 38.8 Å². The molecule has 0 bridgehead atoms. The van der Waals surface area contributed by atoms with Gasteiger partial charge in [0.05, 0.1) is 0 Å². The Labute approximate surface area is 70.4 Å². The highest BCUT2D eigenvalue weighted by molar-refractivity contribution is 4.88. The minimum atomic E-state index is 0.546. The summed E-state index contributed by atoms with van der Waals surface area (Å²) in [4.78, 5) is 2.07. The Morgan fingerprint density at radius 2 is 1.73 bits per heavy atom. The van der Waals surface area contributed by atoms with Crippen molar-refractivity contribution in [1.29, 1.82) is 0 Å². The van der Waals surface area contributed by atoms with E-state index in [-0.39, 0.29) is 0 Å². The van der Waals surface area contributed by atoms with E-state index in [9.17, 15) is 0 Å². The van der Waals surface area contributed by atoms with E-state index < -0.39 is 0 Å². The Balaban J connectivity index is 4.19. The molecule has 1 heteroatoms. The lowest BCUT2D eigenvalue weighted by molar-refractivity contribution is 0.278. The van der Waals surface area contributed by atoms with Gasteiger partial charge in [0.1, 0.15) is 0 Å². The SMILES string of the molecule is C=CN(C=C)C(CC)C(C)C. The highest BCUT2D eigenvalue weighted by Gasteiger charge is 2.13. The first-order chi connectivity index (χ1) is 5.17. The first-order valence-electron chi connectivity index (χ1n) is 4.19. The molecule has 1 nitrogen and oxygen atoms in total. The second kappa shape index (κ2) is 5.00. The zero-order chi connectivity index (χ0) is 8.85. The lowest BCUT2D eigenvalue weighted by atomic mass is 10.0. The average molecular weight is 153 g/mol. The van der Waals surface area contributed by atoms with E-state index in [1.54, 1.807) is 0 Å². The van der Waals surface area contributed by atoms with Gasteiger partial charge in [0.2, 0.25) is 0 Å². The molecule has 0 aromatic heterocycles. The zero-order valence-corrected chi connectivity index (χ0v) is 7.88. The highest BCUT2D eigenvalue weighted by Crippen LogP contribution is 2.14. The van der Waals surface area contributed by atoms with Crippen LogP contribution in [0.15, 0.2) is 25.6 Å². The van der Waals surface area contributed by atoms with E-state index in [0.717, 1.165) is 6.42 Å². The van der Waals surface area contributed by atoms with Crippen LogP contribution >= 0.6 is 0 Å². The minimum absolute atomic E-state index is 0.546. The lowest BCUT2D eigenvalue weighted by Crippen LogP contribution is -2.29. The van der Waals surface area contributed by atoms with Crippen LogP contribution in [0.5, 0.6) is 0 Å². The quantitative estimate of drug-likeness (QED) is 0.587. The molecular weight excluding hydrogens is 134 g/mol. The Morgan fingerprint density at radius 1 is 1.27 bits per heavy atom. The van der Waals surface area contributed by atoms with Crippen molar-refractivity contribution < 1.29 is 0 Å². The summed E-state index contributed by atoms with van der Waals surface area (Å²) in [6.07, 6.45) is 4.80. The molecule has 0 aromatic rings. The molecule has 0 rings (SSSR count). The second-order valence-electron chi connectivity index (χ2n) is 3.03. The van der Waals surface area contributed by atoms with E-state index in [1.807, 2.05) is 12.4 Å². The van der Waals surface area contributed by atoms with Crippen molar-refractivity contribution in [2.45, 2.75) is 33.2 Å². The van der Waals surface area contributed by atoms with Gasteiger partial charge in [-0.2, -0.15) is 0 Å². The molecular formula is C10H19N. The molecule has 1 unspecified atom stereocenters. The molecule has 0 fully saturated rings. The summed E-state index contributed by atoms with van der Waals surface area (Å²) >= 11 is 0. The third-order valence-corrected chi connectivity index (χ3v) is 1.99. The molecule has 0 radical (unpaired) electrons. The monoisotopic (exact) mass is 153 g/mol. The molecule has 11 heavy (non-hydrogen) atoms. The summed E-state index contributed by atoms with van der Waals surface area (Å²) in [5.41, 5.74) is 0. The van der Waals surface area contributed by atoms with Crippen LogP contribution in [0.4, 0.5) is 0 Å². The van der Waals surface area contributed by atoms with Crippen LogP contribution in [0.1, 0.15) is 27.2 Å². The predicted octanol–water partition coefficient (Wildman–Crippen LogP) is 3.01. The molecule has 0 spiro atoms. The van der Waals surface area contributed by atoms with E-state index in [1.165, 1.54) is 0 Å². The van der Waals surface area contributed by atoms with Crippen LogP contribution in [0.3, 0.4) is 0 Å². The van der Waals surface area contributed by atoms with Gasteiger partial charge in [0.15, 0.2) is 0 Å². The summed E-state index contributed by atoms with van der Waals surface area (Å²) in [5.74, 6) is 0.649. The van der Waals surface area contributed by atoms with Crippen molar-refractivity contribution in [1.82, 2.24) is 4.90 Å². The minimum Gasteiger partial charge on any atom is -0.352 e. The molecule has 0 aliphatic heterocycles. The van der Waals surface area contributed by atoms with Crippen molar-refractivity contribution in [2.24, 2.45) is 5.92 Å². The van der Waals surface area contributed by atoms with E-state index in [0.29, 0.717) is 12.0 Å². The van der Waals surface area contributed by atoms with Crippen LogP contribution in [-0.2, 0) is 0 Å². The topological polar surface area (TPSA) is 3.24 Å². The van der Waals surface area contributed by atoms with Crippen molar-refractivity contribution in [3.63, 3.8) is 0 Å². The fourth-order valence-electron chi connectivity index (χ4n) is 1.37. The van der Waals surface area contributed by atoms with Crippen LogP contribution in [0.25, 0.3) is 0 Å². The van der Waals surface area contributed by atoms with Crippen LogP contribution in [0, 0.1) is 5.92 Å². The molecule has 0 N–H and O–H groups in total. The molecule has 0 saturated heterocycles. The standard InChI is InChI=1S/C10H19N/c1-6-10(9(4)5)11(7-2)8-3/h7-10H,2-3,6H2,1,4-5H3. The first-order valence-corrected chi connectivity index (χ1v) is 4.19. The van der Waals surface area contributed by atoms with Gasteiger partial charge in [-0.15, -0.1) is 0 Å². The second-order valence-corrected chi connectivity index (χ2v) is 3.03. The Hall–Kier alpha value is -0.720. The van der Waals surface area contributed by atoms with Crippen molar-refractivity contribution in [2.75, 3.05) is 0 Å². The maximum atomic E-state index is 3.74. The molecule has 0 aromatic carbocycles. The maximum absolute atomic E-state index is 3.74.